The van der Waals surface area contributed by atoms with Gasteiger partial charge in [-0.05, 0) is 0 Å². The van der Waals surface area contributed by atoms with Gasteiger partial charge in [0.2, 0.25) is 0 Å². The Morgan fingerprint density at radius 1 is 1.53 bits per heavy atom. The summed E-state index contributed by atoms with van der Waals surface area (Å²) in [5, 5.41) is 2.68. The van der Waals surface area contributed by atoms with Crippen LogP contribution in [0.25, 0.3) is 0 Å². The van der Waals surface area contributed by atoms with Crippen molar-refractivity contribution in [2.24, 2.45) is 5.73 Å². The van der Waals surface area contributed by atoms with Gasteiger partial charge < -0.3 is 15.8 Å². The number of amides is 2. The SMILES string of the molecule is CC(C)c1ncc(Cl)c(C(=O)NCCOC(N)=O)n1. The lowest BCUT2D eigenvalue weighted by atomic mass is 10.2. The normalized spacial score (nSPS) is 10.3. The minimum absolute atomic E-state index is 0.0131. The van der Waals surface area contributed by atoms with Crippen LogP contribution in [0.2, 0.25) is 5.02 Å². The summed E-state index contributed by atoms with van der Waals surface area (Å²) in [4.78, 5) is 30.3. The van der Waals surface area contributed by atoms with Crippen molar-refractivity contribution in [3.63, 3.8) is 0 Å². The standard InChI is InChI=1S/C11H15ClN4O3/c1-6(2)9-15-5-7(12)8(16-9)10(17)14-3-4-19-11(13)18/h5-6H,3-4H2,1-2H3,(H2,13,18)(H,14,17). The van der Waals surface area contributed by atoms with Gasteiger partial charge >= 0.3 is 6.09 Å². The highest BCUT2D eigenvalue weighted by molar-refractivity contribution is 6.33. The van der Waals surface area contributed by atoms with E-state index in [-0.39, 0.29) is 29.8 Å². The number of carbonyl (C=O) groups is 2. The molecule has 1 aromatic rings. The number of ether oxygens (including phenoxy) is 1. The van der Waals surface area contributed by atoms with Crippen molar-refractivity contribution < 1.29 is 14.3 Å². The van der Waals surface area contributed by atoms with E-state index < -0.39 is 12.0 Å². The molecule has 0 fully saturated rings. The van der Waals surface area contributed by atoms with E-state index in [2.05, 4.69) is 20.0 Å². The van der Waals surface area contributed by atoms with Crippen molar-refractivity contribution in [2.45, 2.75) is 19.8 Å². The van der Waals surface area contributed by atoms with Gasteiger partial charge in [0, 0.05) is 5.92 Å². The maximum absolute atomic E-state index is 11.8. The first-order valence-corrected chi connectivity index (χ1v) is 6.02. The summed E-state index contributed by atoms with van der Waals surface area (Å²) in [5.41, 5.74) is 4.88. The van der Waals surface area contributed by atoms with E-state index in [1.165, 1.54) is 6.20 Å². The number of primary amides is 1. The Morgan fingerprint density at radius 3 is 2.79 bits per heavy atom. The minimum Gasteiger partial charge on any atom is -0.448 e. The Labute approximate surface area is 115 Å². The van der Waals surface area contributed by atoms with Gasteiger partial charge in [0.05, 0.1) is 17.8 Å². The second-order valence-corrected chi connectivity index (χ2v) is 4.41. The van der Waals surface area contributed by atoms with E-state index in [4.69, 9.17) is 17.3 Å². The molecular formula is C11H15ClN4O3. The van der Waals surface area contributed by atoms with Crippen molar-refractivity contribution >= 4 is 23.6 Å². The number of halogens is 1. The summed E-state index contributed by atoms with van der Waals surface area (Å²) >= 11 is 5.87. The highest BCUT2D eigenvalue weighted by Gasteiger charge is 2.15. The molecule has 0 aliphatic rings. The third kappa shape index (κ3) is 4.70. The van der Waals surface area contributed by atoms with Crippen molar-refractivity contribution in [1.29, 1.82) is 0 Å². The van der Waals surface area contributed by atoms with Crippen molar-refractivity contribution in [1.82, 2.24) is 15.3 Å². The highest BCUT2D eigenvalue weighted by atomic mass is 35.5. The number of carbonyl (C=O) groups excluding carboxylic acids is 2. The molecule has 0 aliphatic carbocycles. The van der Waals surface area contributed by atoms with Crippen LogP contribution in [-0.2, 0) is 4.74 Å². The van der Waals surface area contributed by atoms with E-state index in [9.17, 15) is 9.59 Å². The lowest BCUT2D eigenvalue weighted by molar-refractivity contribution is 0.0931. The zero-order chi connectivity index (χ0) is 14.4. The minimum atomic E-state index is -0.892. The van der Waals surface area contributed by atoms with Crippen molar-refractivity contribution in [3.8, 4) is 0 Å². The third-order valence-electron chi connectivity index (χ3n) is 2.13. The van der Waals surface area contributed by atoms with Crippen LogP contribution in [0.4, 0.5) is 4.79 Å². The van der Waals surface area contributed by atoms with Crippen LogP contribution in [0, 0.1) is 0 Å². The lowest BCUT2D eigenvalue weighted by Crippen LogP contribution is -2.30. The molecule has 1 heterocycles. The summed E-state index contributed by atoms with van der Waals surface area (Å²) in [6.07, 6.45) is 0.495. The molecule has 1 aromatic heterocycles. The quantitative estimate of drug-likeness (QED) is 0.788. The number of hydrogen-bond donors (Lipinski definition) is 2. The Kier molecular flexibility index (Phi) is 5.50. The summed E-state index contributed by atoms with van der Waals surface area (Å²) < 4.78 is 4.48. The van der Waals surface area contributed by atoms with E-state index in [1.54, 1.807) is 0 Å². The predicted octanol–water partition coefficient (Wildman–Crippen LogP) is 1.08. The second kappa shape index (κ2) is 6.89. The molecule has 2 amide bonds. The van der Waals surface area contributed by atoms with Gasteiger partial charge in [-0.3, -0.25) is 4.79 Å². The van der Waals surface area contributed by atoms with Crippen molar-refractivity contribution in [3.05, 3.63) is 22.7 Å². The van der Waals surface area contributed by atoms with Crippen LogP contribution >= 0.6 is 11.6 Å². The highest BCUT2D eigenvalue weighted by Crippen LogP contribution is 2.16. The first-order chi connectivity index (χ1) is 8.91. The van der Waals surface area contributed by atoms with Gasteiger partial charge in [-0.15, -0.1) is 0 Å². The van der Waals surface area contributed by atoms with Crippen LogP contribution in [0.15, 0.2) is 6.20 Å². The van der Waals surface area contributed by atoms with E-state index in [0.717, 1.165) is 0 Å². The van der Waals surface area contributed by atoms with Crippen molar-refractivity contribution in [2.75, 3.05) is 13.2 Å². The molecular weight excluding hydrogens is 272 g/mol. The first-order valence-electron chi connectivity index (χ1n) is 5.64. The van der Waals surface area contributed by atoms with Crippen LogP contribution < -0.4 is 11.1 Å². The number of hydrogen-bond acceptors (Lipinski definition) is 5. The molecule has 3 N–H and O–H groups in total. The van der Waals surface area contributed by atoms with Crippen LogP contribution in [0.1, 0.15) is 36.1 Å². The van der Waals surface area contributed by atoms with E-state index in [1.807, 2.05) is 13.8 Å². The largest absolute Gasteiger partial charge is 0.448 e. The summed E-state index contributed by atoms with van der Waals surface area (Å²) in [5.74, 6) is 0.160. The molecule has 19 heavy (non-hydrogen) atoms. The van der Waals surface area contributed by atoms with Gasteiger partial charge in [-0.25, -0.2) is 14.8 Å². The maximum atomic E-state index is 11.8. The third-order valence-corrected chi connectivity index (χ3v) is 2.40. The molecule has 7 nitrogen and oxygen atoms in total. The number of nitrogens with one attached hydrogen (secondary N) is 1. The number of nitrogens with zero attached hydrogens (tertiary/aromatic N) is 2. The molecule has 0 saturated heterocycles. The lowest BCUT2D eigenvalue weighted by Gasteiger charge is -2.08. The molecule has 0 aromatic carbocycles. The van der Waals surface area contributed by atoms with Gasteiger partial charge in [0.1, 0.15) is 18.1 Å². The molecule has 1 rings (SSSR count). The summed E-state index contributed by atoms with van der Waals surface area (Å²) in [6, 6.07) is 0. The zero-order valence-corrected chi connectivity index (χ0v) is 11.4. The van der Waals surface area contributed by atoms with E-state index in [0.29, 0.717) is 5.82 Å². The fraction of sp³-hybridized carbons (Fsp3) is 0.455. The second-order valence-electron chi connectivity index (χ2n) is 4.00. The van der Waals surface area contributed by atoms with Crippen LogP contribution in [-0.4, -0.2) is 35.1 Å². The van der Waals surface area contributed by atoms with Gasteiger partial charge in [-0.1, -0.05) is 25.4 Å². The molecule has 0 spiro atoms. The van der Waals surface area contributed by atoms with Crippen LogP contribution in [0.3, 0.4) is 0 Å². The molecule has 0 saturated carbocycles. The maximum Gasteiger partial charge on any atom is 0.404 e. The smallest absolute Gasteiger partial charge is 0.404 e. The monoisotopic (exact) mass is 286 g/mol. The molecule has 8 heteroatoms. The average molecular weight is 287 g/mol. The fourth-order valence-electron chi connectivity index (χ4n) is 1.22. The molecule has 0 radical (unpaired) electrons. The molecule has 104 valence electrons. The Bertz CT molecular complexity index is 479. The van der Waals surface area contributed by atoms with Gasteiger partial charge in [0.15, 0.2) is 0 Å². The van der Waals surface area contributed by atoms with Gasteiger partial charge in [-0.2, -0.15) is 0 Å². The zero-order valence-electron chi connectivity index (χ0n) is 10.6. The Morgan fingerprint density at radius 2 is 2.21 bits per heavy atom. The summed E-state index contributed by atoms with van der Waals surface area (Å²) in [7, 11) is 0. The Hall–Kier alpha value is -1.89. The topological polar surface area (TPSA) is 107 Å². The molecule has 0 atom stereocenters. The fourth-order valence-corrected chi connectivity index (χ4v) is 1.39. The van der Waals surface area contributed by atoms with Gasteiger partial charge in [0.25, 0.3) is 5.91 Å². The Balaban J connectivity index is 2.65. The van der Waals surface area contributed by atoms with E-state index >= 15 is 0 Å². The molecule has 0 aliphatic heterocycles. The first kappa shape index (κ1) is 15.2. The molecule has 0 unspecified atom stereocenters. The number of aromatic nitrogens is 2. The predicted molar refractivity (Wildman–Crippen MR) is 69.0 cm³/mol. The number of nitrogens with two attached hydrogens (primary N) is 1. The number of rotatable bonds is 5. The summed E-state index contributed by atoms with van der Waals surface area (Å²) in [6.45, 7) is 3.93. The average Bonchev–Trinajstić information content (AvgIpc) is 2.34. The molecule has 0 bridgehead atoms. The van der Waals surface area contributed by atoms with Crippen LogP contribution in [0.5, 0.6) is 0 Å².